The van der Waals surface area contributed by atoms with Crippen LogP contribution in [0.3, 0.4) is 0 Å². The van der Waals surface area contributed by atoms with Gasteiger partial charge in [0.2, 0.25) is 0 Å². The van der Waals surface area contributed by atoms with Gasteiger partial charge >= 0.3 is 0 Å². The molecule has 0 saturated heterocycles. The normalized spacial score (nSPS) is 11.8. The zero-order valence-electron chi connectivity index (χ0n) is 7.69. The van der Waals surface area contributed by atoms with Crippen molar-refractivity contribution >= 4 is 8.58 Å². The van der Waals surface area contributed by atoms with Crippen LogP contribution >= 0.6 is 8.58 Å². The van der Waals surface area contributed by atoms with Crippen molar-refractivity contribution in [2.75, 3.05) is 6.16 Å². The lowest BCUT2D eigenvalue weighted by molar-refractivity contribution is 0.821. The Morgan fingerprint density at radius 3 is 2.73 bits per heavy atom. The quantitative estimate of drug-likeness (QED) is 0.322. The molecule has 0 nitrogen and oxygen atoms in total. The zero-order valence-corrected chi connectivity index (χ0v) is 8.69. The molecule has 0 aliphatic heterocycles. The molecule has 0 amide bonds. The van der Waals surface area contributed by atoms with Gasteiger partial charge in [0, 0.05) is 0 Å². The van der Waals surface area contributed by atoms with Crippen LogP contribution in [-0.4, -0.2) is 6.16 Å². The average Bonchev–Trinajstić information content (AvgIpc) is 1.96. The fourth-order valence-corrected chi connectivity index (χ4v) is 1.71. The summed E-state index contributed by atoms with van der Waals surface area (Å²) in [5.41, 5.74) is 0. The molecule has 0 aliphatic rings. The van der Waals surface area contributed by atoms with E-state index in [0.29, 0.717) is 0 Å². The van der Waals surface area contributed by atoms with Gasteiger partial charge in [0.1, 0.15) is 0 Å². The molecule has 1 heteroatoms. The number of hydrogen-bond acceptors (Lipinski definition) is 0. The van der Waals surface area contributed by atoms with E-state index in [9.17, 15) is 0 Å². The van der Waals surface area contributed by atoms with E-state index >= 15 is 0 Å². The Labute approximate surface area is 72.6 Å². The van der Waals surface area contributed by atoms with Crippen LogP contribution in [0.2, 0.25) is 0 Å². The van der Waals surface area contributed by atoms with Crippen molar-refractivity contribution in [2.45, 2.75) is 33.1 Å². The second kappa shape index (κ2) is 8.01. The molecule has 1 unspecified atom stereocenters. The molecule has 0 radical (unpaired) electrons. The van der Waals surface area contributed by atoms with Crippen LogP contribution in [0, 0.1) is 0 Å². The maximum atomic E-state index is 3.89. The van der Waals surface area contributed by atoms with Gasteiger partial charge in [-0.3, -0.25) is 0 Å². The van der Waals surface area contributed by atoms with Crippen LogP contribution < -0.4 is 0 Å². The topological polar surface area (TPSA) is 0 Å². The highest BCUT2D eigenvalue weighted by atomic mass is 31.1. The van der Waals surface area contributed by atoms with Crippen LogP contribution in [0.5, 0.6) is 0 Å². The summed E-state index contributed by atoms with van der Waals surface area (Å²) >= 11 is 0. The molecule has 11 heavy (non-hydrogen) atoms. The lowest BCUT2D eigenvalue weighted by Crippen LogP contribution is -1.76. The number of rotatable bonds is 6. The minimum atomic E-state index is 0.982. The third-order valence-corrected chi connectivity index (χ3v) is 2.67. The Bertz CT molecular complexity index is 125. The lowest BCUT2D eigenvalue weighted by atomic mass is 10.2. The third-order valence-electron chi connectivity index (χ3n) is 1.46. The summed E-state index contributed by atoms with van der Waals surface area (Å²) < 4.78 is 0. The highest BCUT2D eigenvalue weighted by molar-refractivity contribution is 7.42. The van der Waals surface area contributed by atoms with Gasteiger partial charge in [0.25, 0.3) is 0 Å². The van der Waals surface area contributed by atoms with Crippen molar-refractivity contribution in [3.8, 4) is 0 Å². The molecule has 0 aromatic carbocycles. The highest BCUT2D eigenvalue weighted by Crippen LogP contribution is 2.22. The molecule has 0 bridgehead atoms. The first-order chi connectivity index (χ1) is 5.27. The van der Waals surface area contributed by atoms with E-state index in [1.165, 1.54) is 30.7 Å². The molecule has 1 atom stereocenters. The number of hydrogen-bond donors (Lipinski definition) is 0. The van der Waals surface area contributed by atoms with Gasteiger partial charge in [-0.25, -0.2) is 0 Å². The van der Waals surface area contributed by atoms with E-state index in [0.717, 1.165) is 8.58 Å². The van der Waals surface area contributed by atoms with Gasteiger partial charge < -0.3 is 0 Å². The van der Waals surface area contributed by atoms with E-state index in [2.05, 4.69) is 32.6 Å². The number of allylic oxidation sites excluding steroid dienone is 3. The Balaban J connectivity index is 2.96. The average molecular weight is 170 g/mol. The van der Waals surface area contributed by atoms with Gasteiger partial charge in [-0.05, 0) is 39.3 Å². The Morgan fingerprint density at radius 1 is 1.45 bits per heavy atom. The standard InChI is InChI=1S/C10H19P/c1-4-5-6-7-8-9-11-10(2)3/h4-5,11H,2,6-9H2,1,3H3/b5-4-. The van der Waals surface area contributed by atoms with Crippen LogP contribution in [0.1, 0.15) is 33.1 Å². The summed E-state index contributed by atoms with van der Waals surface area (Å²) in [6.45, 7) is 8.08. The molecular weight excluding hydrogens is 151 g/mol. The molecule has 0 rings (SSSR count). The second-order valence-electron chi connectivity index (χ2n) is 2.77. The van der Waals surface area contributed by atoms with Crippen LogP contribution in [-0.2, 0) is 0 Å². The second-order valence-corrected chi connectivity index (χ2v) is 4.48. The van der Waals surface area contributed by atoms with E-state index in [1.54, 1.807) is 0 Å². The summed E-state index contributed by atoms with van der Waals surface area (Å²) in [5.74, 6) is 0. The lowest BCUT2D eigenvalue weighted by Gasteiger charge is -1.98. The van der Waals surface area contributed by atoms with Gasteiger partial charge in [0.05, 0.1) is 0 Å². The highest BCUT2D eigenvalue weighted by Gasteiger charge is 1.87. The molecule has 0 aromatic rings. The first kappa shape index (κ1) is 10.9. The van der Waals surface area contributed by atoms with Crippen LogP contribution in [0.4, 0.5) is 0 Å². The van der Waals surface area contributed by atoms with Crippen LogP contribution in [0.15, 0.2) is 24.0 Å². The fourth-order valence-electron chi connectivity index (χ4n) is 0.856. The maximum absolute atomic E-state index is 3.89. The zero-order chi connectivity index (χ0) is 8.53. The molecule has 0 N–H and O–H groups in total. The van der Waals surface area contributed by atoms with E-state index in [1.807, 2.05) is 0 Å². The molecule has 0 aromatic heterocycles. The van der Waals surface area contributed by atoms with Gasteiger partial charge in [-0.15, -0.1) is 0 Å². The molecule has 64 valence electrons. The third kappa shape index (κ3) is 9.91. The van der Waals surface area contributed by atoms with Crippen molar-refractivity contribution in [2.24, 2.45) is 0 Å². The fraction of sp³-hybridized carbons (Fsp3) is 0.600. The van der Waals surface area contributed by atoms with Gasteiger partial charge in [-0.2, -0.15) is 0 Å². The van der Waals surface area contributed by atoms with E-state index in [4.69, 9.17) is 0 Å². The first-order valence-electron chi connectivity index (χ1n) is 4.28. The minimum absolute atomic E-state index is 0.982. The molecule has 0 heterocycles. The van der Waals surface area contributed by atoms with Crippen molar-refractivity contribution in [3.63, 3.8) is 0 Å². The molecule has 0 spiro atoms. The molecular formula is C10H19P. The van der Waals surface area contributed by atoms with Crippen molar-refractivity contribution in [3.05, 3.63) is 24.0 Å². The van der Waals surface area contributed by atoms with E-state index < -0.39 is 0 Å². The summed E-state index contributed by atoms with van der Waals surface area (Å²) in [6, 6.07) is 0. The molecule has 0 aliphatic carbocycles. The molecule has 0 saturated carbocycles. The molecule has 0 fully saturated rings. The first-order valence-corrected chi connectivity index (χ1v) is 5.48. The predicted molar refractivity (Wildman–Crippen MR) is 56.7 cm³/mol. The monoisotopic (exact) mass is 170 g/mol. The summed E-state index contributed by atoms with van der Waals surface area (Å²) in [5, 5.41) is 1.34. The predicted octanol–water partition coefficient (Wildman–Crippen LogP) is 3.94. The Morgan fingerprint density at radius 2 is 2.18 bits per heavy atom. The van der Waals surface area contributed by atoms with Crippen molar-refractivity contribution in [1.29, 1.82) is 0 Å². The number of unbranched alkanes of at least 4 members (excludes halogenated alkanes) is 2. The Hall–Kier alpha value is -0.0900. The minimum Gasteiger partial charge on any atom is -0.0959 e. The smallest absolute Gasteiger partial charge is 0.0316 e. The summed E-state index contributed by atoms with van der Waals surface area (Å²) in [7, 11) is 0.982. The van der Waals surface area contributed by atoms with Gasteiger partial charge in [-0.1, -0.05) is 32.6 Å². The SMILES string of the molecule is C=C(C)PCCCC/C=C\C. The van der Waals surface area contributed by atoms with E-state index in [-0.39, 0.29) is 0 Å². The van der Waals surface area contributed by atoms with Crippen molar-refractivity contribution in [1.82, 2.24) is 0 Å². The summed E-state index contributed by atoms with van der Waals surface area (Å²) in [4.78, 5) is 0. The van der Waals surface area contributed by atoms with Crippen LogP contribution in [0.25, 0.3) is 0 Å². The van der Waals surface area contributed by atoms with Gasteiger partial charge in [0.15, 0.2) is 0 Å². The Kier molecular flexibility index (Phi) is 7.95. The summed E-state index contributed by atoms with van der Waals surface area (Å²) in [6.07, 6.45) is 9.65. The largest absolute Gasteiger partial charge is 0.0959 e. The van der Waals surface area contributed by atoms with Crippen molar-refractivity contribution < 1.29 is 0 Å². The maximum Gasteiger partial charge on any atom is -0.0316 e.